The van der Waals surface area contributed by atoms with Crippen molar-refractivity contribution < 1.29 is 19.4 Å². The normalized spacial score (nSPS) is 35.9. The second-order valence-corrected chi connectivity index (χ2v) is 3.94. The summed E-state index contributed by atoms with van der Waals surface area (Å²) in [5.41, 5.74) is 0. The maximum absolute atomic E-state index is 11.5. The molecule has 0 aromatic heterocycles. The van der Waals surface area contributed by atoms with E-state index in [2.05, 4.69) is 0 Å². The number of imide groups is 1. The van der Waals surface area contributed by atoms with Crippen LogP contribution in [0.1, 0.15) is 26.2 Å². The molecule has 1 saturated carbocycles. The van der Waals surface area contributed by atoms with E-state index in [1.54, 1.807) is 0 Å². The summed E-state index contributed by atoms with van der Waals surface area (Å²) in [5, 5.41) is 9.57. The van der Waals surface area contributed by atoms with Crippen molar-refractivity contribution in [1.29, 1.82) is 0 Å². The second kappa shape index (κ2) is 3.90. The van der Waals surface area contributed by atoms with Crippen molar-refractivity contribution in [2.75, 3.05) is 6.61 Å². The van der Waals surface area contributed by atoms with Gasteiger partial charge in [-0.1, -0.05) is 0 Å². The minimum absolute atomic E-state index is 0.184. The van der Waals surface area contributed by atoms with Gasteiger partial charge >= 0.3 is 0 Å². The predicted octanol–water partition coefficient (Wildman–Crippen LogP) is -0.326. The highest BCUT2D eigenvalue weighted by Crippen LogP contribution is 2.32. The molecule has 84 valence electrons. The van der Waals surface area contributed by atoms with Gasteiger partial charge in [-0.25, -0.2) is 0 Å². The van der Waals surface area contributed by atoms with Gasteiger partial charge in [0.1, 0.15) is 0 Å². The average Bonchev–Trinajstić information content (AvgIpc) is 2.49. The van der Waals surface area contributed by atoms with Crippen molar-refractivity contribution in [1.82, 2.24) is 4.90 Å². The highest BCUT2D eigenvalue weighted by molar-refractivity contribution is 6.02. The molecular weight excluding hydrogens is 198 g/mol. The molecule has 0 aromatic rings. The molecule has 3 atom stereocenters. The lowest BCUT2D eigenvalue weighted by atomic mass is 9.84. The summed E-state index contributed by atoms with van der Waals surface area (Å²) >= 11 is 0. The standard InChI is InChI=1S/C10H15NO4/c1-2-15-7-5-6(12)10(7)11-8(13)3-4-9(11)14/h6-7,10,12H,2-5H2,1H3/t6-,7-,10-/m1/s1. The van der Waals surface area contributed by atoms with Gasteiger partial charge in [0.05, 0.1) is 18.2 Å². The summed E-state index contributed by atoms with van der Waals surface area (Å²) in [6.07, 6.45) is 0.237. The zero-order valence-corrected chi connectivity index (χ0v) is 8.68. The summed E-state index contributed by atoms with van der Waals surface area (Å²) in [6.45, 7) is 2.39. The molecule has 0 unspecified atom stereocenters. The molecule has 2 aliphatic rings. The van der Waals surface area contributed by atoms with E-state index in [1.807, 2.05) is 6.92 Å². The largest absolute Gasteiger partial charge is 0.391 e. The van der Waals surface area contributed by atoms with E-state index in [-0.39, 0.29) is 30.8 Å². The minimum Gasteiger partial charge on any atom is -0.391 e. The van der Waals surface area contributed by atoms with E-state index in [1.165, 1.54) is 4.90 Å². The Morgan fingerprint density at radius 3 is 2.47 bits per heavy atom. The quantitative estimate of drug-likeness (QED) is 0.652. The molecule has 1 saturated heterocycles. The van der Waals surface area contributed by atoms with Crippen LogP contribution in [0, 0.1) is 0 Å². The highest BCUT2D eigenvalue weighted by Gasteiger charge is 2.50. The van der Waals surface area contributed by atoms with Crippen LogP contribution >= 0.6 is 0 Å². The number of amides is 2. The fraction of sp³-hybridized carbons (Fsp3) is 0.800. The lowest BCUT2D eigenvalue weighted by molar-refractivity contribution is -0.168. The van der Waals surface area contributed by atoms with Crippen molar-refractivity contribution >= 4 is 11.8 Å². The Bertz CT molecular complexity index is 273. The number of rotatable bonds is 3. The fourth-order valence-electron chi connectivity index (χ4n) is 2.21. The smallest absolute Gasteiger partial charge is 0.230 e. The number of hydrogen-bond acceptors (Lipinski definition) is 4. The molecule has 2 amide bonds. The molecule has 1 aliphatic carbocycles. The second-order valence-electron chi connectivity index (χ2n) is 3.94. The summed E-state index contributed by atoms with van der Waals surface area (Å²) in [4.78, 5) is 24.1. The highest BCUT2D eigenvalue weighted by atomic mass is 16.5. The number of aliphatic hydroxyl groups is 1. The molecule has 1 heterocycles. The lowest BCUT2D eigenvalue weighted by Gasteiger charge is -2.45. The number of carbonyl (C=O) groups is 2. The van der Waals surface area contributed by atoms with Gasteiger partial charge in [-0.05, 0) is 6.92 Å². The Morgan fingerprint density at radius 1 is 1.40 bits per heavy atom. The van der Waals surface area contributed by atoms with Gasteiger partial charge in [-0.3, -0.25) is 14.5 Å². The first-order valence-electron chi connectivity index (χ1n) is 5.29. The van der Waals surface area contributed by atoms with Crippen molar-refractivity contribution in [3.05, 3.63) is 0 Å². The van der Waals surface area contributed by atoms with Gasteiger partial charge in [0.15, 0.2) is 0 Å². The molecule has 0 bridgehead atoms. The van der Waals surface area contributed by atoms with Crippen LogP contribution < -0.4 is 0 Å². The third-order valence-electron chi connectivity index (χ3n) is 3.02. The molecule has 0 aromatic carbocycles. The van der Waals surface area contributed by atoms with Crippen LogP contribution in [0.5, 0.6) is 0 Å². The van der Waals surface area contributed by atoms with Gasteiger partial charge in [0.25, 0.3) is 0 Å². The van der Waals surface area contributed by atoms with Crippen LogP contribution in [0.2, 0.25) is 0 Å². The van der Waals surface area contributed by atoms with Crippen molar-refractivity contribution in [3.8, 4) is 0 Å². The van der Waals surface area contributed by atoms with Gasteiger partial charge in [0.2, 0.25) is 11.8 Å². The molecule has 2 rings (SSSR count). The first kappa shape index (κ1) is 10.6. The number of likely N-dealkylation sites (tertiary alicyclic amines) is 1. The molecule has 0 radical (unpaired) electrons. The molecule has 1 N–H and O–H groups in total. The van der Waals surface area contributed by atoms with Crippen molar-refractivity contribution in [2.24, 2.45) is 0 Å². The van der Waals surface area contributed by atoms with Crippen LogP contribution in [0.3, 0.4) is 0 Å². The monoisotopic (exact) mass is 213 g/mol. The molecular formula is C10H15NO4. The van der Waals surface area contributed by atoms with Crippen LogP contribution in [-0.2, 0) is 14.3 Å². The van der Waals surface area contributed by atoms with Crippen molar-refractivity contribution in [2.45, 2.75) is 44.4 Å². The summed E-state index contributed by atoms with van der Waals surface area (Å²) in [5.74, 6) is -0.373. The zero-order valence-electron chi connectivity index (χ0n) is 8.68. The molecule has 5 heteroatoms. The maximum atomic E-state index is 11.5. The van der Waals surface area contributed by atoms with E-state index in [0.717, 1.165) is 0 Å². The SMILES string of the molecule is CCO[C@@H]1C[C@@H](O)[C@H]1N1C(=O)CCC1=O. The van der Waals surface area contributed by atoms with Crippen LogP contribution in [0.25, 0.3) is 0 Å². The Labute approximate surface area is 88.0 Å². The number of nitrogens with zero attached hydrogens (tertiary/aromatic N) is 1. The number of hydrogen-bond donors (Lipinski definition) is 1. The van der Waals surface area contributed by atoms with E-state index in [9.17, 15) is 14.7 Å². The minimum atomic E-state index is -0.618. The molecule has 15 heavy (non-hydrogen) atoms. The third-order valence-corrected chi connectivity index (χ3v) is 3.02. The predicted molar refractivity (Wildman–Crippen MR) is 50.9 cm³/mol. The van der Waals surface area contributed by atoms with Crippen LogP contribution in [-0.4, -0.2) is 46.7 Å². The lowest BCUT2D eigenvalue weighted by Crippen LogP contribution is -2.62. The third kappa shape index (κ3) is 1.66. The van der Waals surface area contributed by atoms with E-state index in [4.69, 9.17) is 4.74 Å². The van der Waals surface area contributed by atoms with E-state index < -0.39 is 12.1 Å². The zero-order chi connectivity index (χ0) is 11.0. The summed E-state index contributed by atoms with van der Waals surface area (Å²) in [7, 11) is 0. The summed E-state index contributed by atoms with van der Waals surface area (Å²) in [6, 6.07) is -0.451. The van der Waals surface area contributed by atoms with Crippen LogP contribution in [0.4, 0.5) is 0 Å². The van der Waals surface area contributed by atoms with E-state index >= 15 is 0 Å². The number of aliphatic hydroxyl groups excluding tert-OH is 1. The topological polar surface area (TPSA) is 66.8 Å². The summed E-state index contributed by atoms with van der Waals surface area (Å²) < 4.78 is 5.36. The maximum Gasteiger partial charge on any atom is 0.230 e. The Hall–Kier alpha value is -0.940. The molecule has 2 fully saturated rings. The number of ether oxygens (including phenoxy) is 1. The Balaban J connectivity index is 2.07. The van der Waals surface area contributed by atoms with E-state index in [0.29, 0.717) is 13.0 Å². The Morgan fingerprint density at radius 2 is 2.00 bits per heavy atom. The van der Waals surface area contributed by atoms with Gasteiger partial charge in [-0.15, -0.1) is 0 Å². The molecule has 0 spiro atoms. The van der Waals surface area contributed by atoms with Gasteiger partial charge in [-0.2, -0.15) is 0 Å². The number of carbonyl (C=O) groups excluding carboxylic acids is 2. The first-order valence-corrected chi connectivity index (χ1v) is 5.29. The average molecular weight is 213 g/mol. The van der Waals surface area contributed by atoms with Gasteiger partial charge in [0, 0.05) is 25.9 Å². The van der Waals surface area contributed by atoms with Crippen molar-refractivity contribution in [3.63, 3.8) is 0 Å². The first-order chi connectivity index (χ1) is 7.15. The Kier molecular flexibility index (Phi) is 2.75. The molecule has 5 nitrogen and oxygen atoms in total. The van der Waals surface area contributed by atoms with Crippen LogP contribution in [0.15, 0.2) is 0 Å². The molecule has 1 aliphatic heterocycles. The fourth-order valence-corrected chi connectivity index (χ4v) is 2.21. The van der Waals surface area contributed by atoms with Gasteiger partial charge < -0.3 is 9.84 Å².